The molecule has 5 heterocycles. The molecule has 0 aliphatic carbocycles. The number of amides is 1. The van der Waals surface area contributed by atoms with Crippen LogP contribution in [0.2, 0.25) is 0 Å². The van der Waals surface area contributed by atoms with Gasteiger partial charge in [0.2, 0.25) is 0 Å². The van der Waals surface area contributed by atoms with Gasteiger partial charge in [0, 0.05) is 24.7 Å². The van der Waals surface area contributed by atoms with Crippen LogP contribution in [0, 0.1) is 0 Å². The lowest BCUT2D eigenvalue weighted by molar-refractivity contribution is 0.0788. The van der Waals surface area contributed by atoms with Crippen LogP contribution in [0.15, 0.2) is 58.2 Å². The minimum Gasteiger partial charge on any atom is -0.472 e. The van der Waals surface area contributed by atoms with Crippen molar-refractivity contribution in [1.29, 1.82) is 0 Å². The molecule has 4 aromatic heterocycles. The van der Waals surface area contributed by atoms with Gasteiger partial charge in [-0.2, -0.15) is 11.3 Å². The Hall–Kier alpha value is -2.93. The van der Waals surface area contributed by atoms with Gasteiger partial charge in [-0.15, -0.1) is 0 Å². The Balaban J connectivity index is 1.53. The monoisotopic (exact) mass is 364 g/mol. The Morgan fingerprint density at radius 3 is 3.08 bits per heavy atom. The van der Waals surface area contributed by atoms with Crippen LogP contribution in [-0.4, -0.2) is 38.4 Å². The van der Waals surface area contributed by atoms with Crippen molar-refractivity contribution in [3.63, 3.8) is 0 Å². The molecule has 130 valence electrons. The minimum absolute atomic E-state index is 0.0935. The third kappa shape index (κ3) is 2.43. The lowest BCUT2D eigenvalue weighted by Crippen LogP contribution is -2.28. The minimum atomic E-state index is 0.0935. The molecular formula is C19H16N4O2S. The van der Waals surface area contributed by atoms with E-state index in [0.29, 0.717) is 6.54 Å². The largest absolute Gasteiger partial charge is 0.472 e. The Kier molecular flexibility index (Phi) is 3.60. The molecule has 5 rings (SSSR count). The first-order valence-electron chi connectivity index (χ1n) is 8.48. The first-order chi connectivity index (χ1) is 12.8. The van der Waals surface area contributed by atoms with Gasteiger partial charge in [-0.3, -0.25) is 4.79 Å². The highest BCUT2D eigenvalue weighted by Crippen LogP contribution is 2.32. The van der Waals surface area contributed by atoms with Gasteiger partial charge in [0.05, 0.1) is 23.4 Å². The van der Waals surface area contributed by atoms with Gasteiger partial charge in [-0.25, -0.2) is 9.97 Å². The molecule has 1 amide bonds. The van der Waals surface area contributed by atoms with E-state index < -0.39 is 0 Å². The molecule has 4 aromatic rings. The predicted molar refractivity (Wildman–Crippen MR) is 99.1 cm³/mol. The molecule has 0 bridgehead atoms. The lowest BCUT2D eigenvalue weighted by Gasteiger charge is -2.18. The lowest BCUT2D eigenvalue weighted by atomic mass is 10.2. The predicted octanol–water partition coefficient (Wildman–Crippen LogP) is 3.84. The number of thiophene rings is 1. The van der Waals surface area contributed by atoms with Crippen molar-refractivity contribution in [3.8, 4) is 11.4 Å². The maximum absolute atomic E-state index is 12.7. The molecule has 1 saturated heterocycles. The quantitative estimate of drug-likeness (QED) is 0.554. The van der Waals surface area contributed by atoms with Crippen molar-refractivity contribution in [2.75, 3.05) is 13.1 Å². The zero-order valence-electron chi connectivity index (χ0n) is 13.9. The maximum atomic E-state index is 12.7. The van der Waals surface area contributed by atoms with Gasteiger partial charge in [-0.1, -0.05) is 0 Å². The molecule has 26 heavy (non-hydrogen) atoms. The van der Waals surface area contributed by atoms with Gasteiger partial charge < -0.3 is 13.9 Å². The molecule has 0 aromatic carbocycles. The molecule has 6 nitrogen and oxygen atoms in total. The summed E-state index contributed by atoms with van der Waals surface area (Å²) in [6.45, 7) is 1.39. The van der Waals surface area contributed by atoms with E-state index in [1.54, 1.807) is 30.1 Å². The Bertz CT molecular complexity index is 1050. The summed E-state index contributed by atoms with van der Waals surface area (Å²) in [6, 6.07) is 7.78. The first kappa shape index (κ1) is 15.3. The SMILES string of the molecule is O=C(c1ccsc1)N1CCC(n2c(-c3ccoc3)nc3cccnc32)C1. The van der Waals surface area contributed by atoms with Gasteiger partial charge in [0.1, 0.15) is 17.6 Å². The van der Waals surface area contributed by atoms with E-state index in [2.05, 4.69) is 9.55 Å². The van der Waals surface area contributed by atoms with Crippen molar-refractivity contribution in [1.82, 2.24) is 19.4 Å². The number of carbonyl (C=O) groups excluding carboxylic acids is 1. The third-order valence-electron chi connectivity index (χ3n) is 4.81. The fraction of sp³-hybridized carbons (Fsp3) is 0.211. The number of aromatic nitrogens is 3. The number of likely N-dealkylation sites (tertiary alicyclic amines) is 1. The molecule has 0 saturated carbocycles. The number of furan rings is 1. The topological polar surface area (TPSA) is 64.2 Å². The Morgan fingerprint density at radius 2 is 2.27 bits per heavy atom. The maximum Gasteiger partial charge on any atom is 0.254 e. The number of fused-ring (bicyclic) bond motifs is 1. The van der Waals surface area contributed by atoms with Crippen LogP contribution in [0.5, 0.6) is 0 Å². The fourth-order valence-electron chi connectivity index (χ4n) is 3.58. The van der Waals surface area contributed by atoms with Gasteiger partial charge in [0.25, 0.3) is 5.91 Å². The zero-order chi connectivity index (χ0) is 17.5. The highest BCUT2D eigenvalue weighted by Gasteiger charge is 2.31. The second kappa shape index (κ2) is 6.10. The number of nitrogens with zero attached hydrogens (tertiary/aromatic N) is 4. The number of hydrogen-bond acceptors (Lipinski definition) is 5. The van der Waals surface area contributed by atoms with E-state index in [-0.39, 0.29) is 11.9 Å². The summed E-state index contributed by atoms with van der Waals surface area (Å²) in [7, 11) is 0. The normalized spacial score (nSPS) is 17.2. The van der Waals surface area contributed by atoms with E-state index in [4.69, 9.17) is 9.40 Å². The molecule has 1 unspecified atom stereocenters. The van der Waals surface area contributed by atoms with Crippen LogP contribution in [0.1, 0.15) is 22.8 Å². The molecule has 1 atom stereocenters. The Labute approximate surface area is 153 Å². The molecule has 0 N–H and O–H groups in total. The second-order valence-electron chi connectivity index (χ2n) is 6.37. The molecule has 1 fully saturated rings. The zero-order valence-corrected chi connectivity index (χ0v) is 14.7. The van der Waals surface area contributed by atoms with Crippen molar-refractivity contribution >= 4 is 28.4 Å². The molecule has 1 aliphatic heterocycles. The van der Waals surface area contributed by atoms with Gasteiger partial charge in [0.15, 0.2) is 5.65 Å². The number of rotatable bonds is 3. The number of hydrogen-bond donors (Lipinski definition) is 0. The summed E-state index contributed by atoms with van der Waals surface area (Å²) in [5, 5.41) is 3.84. The standard InChI is InChI=1S/C19H16N4O2S/c24-19(14-5-9-26-12-14)22-7-3-15(10-22)23-17(13-4-8-25-11-13)21-16-2-1-6-20-18(16)23/h1-2,4-6,8-9,11-12,15H,3,7,10H2. The van der Waals surface area contributed by atoms with Crippen LogP contribution in [0.4, 0.5) is 0 Å². The molecule has 0 spiro atoms. The molecular weight excluding hydrogens is 348 g/mol. The van der Waals surface area contributed by atoms with Gasteiger partial charge in [-0.05, 0) is 36.1 Å². The van der Waals surface area contributed by atoms with Crippen molar-refractivity contribution < 1.29 is 9.21 Å². The summed E-state index contributed by atoms with van der Waals surface area (Å²) >= 11 is 1.54. The molecule has 1 aliphatic rings. The van der Waals surface area contributed by atoms with Crippen molar-refractivity contribution in [2.45, 2.75) is 12.5 Å². The number of carbonyl (C=O) groups is 1. The third-order valence-corrected chi connectivity index (χ3v) is 5.50. The van der Waals surface area contributed by atoms with E-state index in [1.807, 2.05) is 39.9 Å². The fourth-order valence-corrected chi connectivity index (χ4v) is 4.21. The molecule has 7 heteroatoms. The average Bonchev–Trinajstić information content (AvgIpc) is 3.47. The van der Waals surface area contributed by atoms with Crippen molar-refractivity contribution in [3.05, 3.63) is 59.3 Å². The Morgan fingerprint density at radius 1 is 1.31 bits per heavy atom. The average molecular weight is 364 g/mol. The van der Waals surface area contributed by atoms with Crippen LogP contribution in [-0.2, 0) is 0 Å². The first-order valence-corrected chi connectivity index (χ1v) is 9.42. The van der Waals surface area contributed by atoms with E-state index in [9.17, 15) is 4.79 Å². The smallest absolute Gasteiger partial charge is 0.254 e. The highest BCUT2D eigenvalue weighted by molar-refractivity contribution is 7.08. The summed E-state index contributed by atoms with van der Waals surface area (Å²) < 4.78 is 7.41. The number of pyridine rings is 1. The van der Waals surface area contributed by atoms with Gasteiger partial charge >= 0.3 is 0 Å². The highest BCUT2D eigenvalue weighted by atomic mass is 32.1. The van der Waals surface area contributed by atoms with E-state index in [1.165, 1.54) is 0 Å². The van der Waals surface area contributed by atoms with E-state index in [0.717, 1.165) is 41.1 Å². The van der Waals surface area contributed by atoms with Crippen LogP contribution < -0.4 is 0 Å². The van der Waals surface area contributed by atoms with E-state index >= 15 is 0 Å². The van der Waals surface area contributed by atoms with Crippen LogP contribution in [0.3, 0.4) is 0 Å². The summed E-state index contributed by atoms with van der Waals surface area (Å²) in [5.74, 6) is 0.929. The summed E-state index contributed by atoms with van der Waals surface area (Å²) in [4.78, 5) is 23.9. The van der Waals surface area contributed by atoms with Crippen LogP contribution >= 0.6 is 11.3 Å². The number of imidazole rings is 1. The second-order valence-corrected chi connectivity index (χ2v) is 7.15. The van der Waals surface area contributed by atoms with Crippen molar-refractivity contribution in [2.24, 2.45) is 0 Å². The van der Waals surface area contributed by atoms with Crippen LogP contribution in [0.25, 0.3) is 22.6 Å². The summed E-state index contributed by atoms with van der Waals surface area (Å²) in [6.07, 6.45) is 6.00. The molecule has 0 radical (unpaired) electrons. The summed E-state index contributed by atoms with van der Waals surface area (Å²) in [5.41, 5.74) is 3.38.